The Kier molecular flexibility index (Phi) is 5.36. The summed E-state index contributed by atoms with van der Waals surface area (Å²) in [6, 6.07) is 2.53. The van der Waals surface area contributed by atoms with E-state index >= 15 is 0 Å². The summed E-state index contributed by atoms with van der Waals surface area (Å²) in [5.41, 5.74) is 0.480. The number of rotatable bonds is 3. The average Bonchev–Trinajstić information content (AvgIpc) is 2.55. The smallest absolute Gasteiger partial charge is 0.249 e. The first kappa shape index (κ1) is 16.4. The normalized spacial score (nSPS) is 19.4. The second kappa shape index (κ2) is 6.86. The minimum Gasteiger partial charge on any atom is -0.344 e. The van der Waals surface area contributed by atoms with E-state index in [1.165, 1.54) is 11.0 Å². The second-order valence-electron chi connectivity index (χ2n) is 4.87. The van der Waals surface area contributed by atoms with Crippen molar-refractivity contribution in [3.8, 4) is 0 Å². The molecular weight excluding hydrogens is 335 g/mol. The molecule has 0 aliphatic carbocycles. The van der Waals surface area contributed by atoms with E-state index in [4.69, 9.17) is 34.8 Å². The third-order valence-electron chi connectivity index (χ3n) is 3.32. The molecule has 1 unspecified atom stereocenters. The number of anilines is 1. The van der Waals surface area contributed by atoms with Gasteiger partial charge >= 0.3 is 0 Å². The van der Waals surface area contributed by atoms with Crippen molar-refractivity contribution in [1.82, 2.24) is 5.32 Å². The Labute approximate surface area is 138 Å². The Hall–Kier alpha value is -0.970. The molecule has 1 atom stereocenters. The van der Waals surface area contributed by atoms with Crippen LogP contribution in [0.15, 0.2) is 12.1 Å². The van der Waals surface area contributed by atoms with E-state index < -0.39 is 6.04 Å². The number of nitrogens with zero attached hydrogens (tertiary/aromatic N) is 1. The highest BCUT2D eigenvalue weighted by molar-refractivity contribution is 6.44. The summed E-state index contributed by atoms with van der Waals surface area (Å²) in [5, 5.41) is 3.72. The molecule has 0 saturated carbocycles. The number of carbonyl (C=O) groups is 2. The Bertz CT molecular complexity index is 578. The molecule has 0 aromatic heterocycles. The summed E-state index contributed by atoms with van der Waals surface area (Å²) in [6.07, 6.45) is 1.60. The lowest BCUT2D eigenvalue weighted by molar-refractivity contribution is -0.125. The van der Waals surface area contributed by atoms with Crippen molar-refractivity contribution in [3.63, 3.8) is 0 Å². The Morgan fingerprint density at radius 1 is 1.19 bits per heavy atom. The first-order valence-corrected chi connectivity index (χ1v) is 7.82. The number of nitrogens with one attached hydrogen (secondary N) is 1. The van der Waals surface area contributed by atoms with Crippen LogP contribution in [0.1, 0.15) is 26.2 Å². The van der Waals surface area contributed by atoms with E-state index in [0.717, 1.165) is 6.42 Å². The molecule has 2 rings (SSSR count). The topological polar surface area (TPSA) is 49.4 Å². The van der Waals surface area contributed by atoms with Gasteiger partial charge in [0.2, 0.25) is 11.8 Å². The van der Waals surface area contributed by atoms with Crippen LogP contribution in [0.5, 0.6) is 0 Å². The maximum Gasteiger partial charge on any atom is 0.249 e. The second-order valence-corrected chi connectivity index (χ2v) is 6.09. The molecule has 1 N–H and O–H groups in total. The number of hydrogen-bond acceptors (Lipinski definition) is 2. The van der Waals surface area contributed by atoms with Gasteiger partial charge in [0.05, 0.1) is 20.8 Å². The predicted octanol–water partition coefficient (Wildman–Crippen LogP) is 3.67. The number of benzene rings is 1. The maximum atomic E-state index is 12.6. The van der Waals surface area contributed by atoms with Crippen LogP contribution in [0.3, 0.4) is 0 Å². The molecule has 1 fully saturated rings. The third kappa shape index (κ3) is 3.62. The van der Waals surface area contributed by atoms with Gasteiger partial charge in [-0.1, -0.05) is 48.1 Å². The zero-order chi connectivity index (χ0) is 15.6. The Morgan fingerprint density at radius 2 is 1.86 bits per heavy atom. The summed E-state index contributed by atoms with van der Waals surface area (Å²) in [4.78, 5) is 25.8. The molecule has 21 heavy (non-hydrogen) atoms. The number of amides is 2. The summed E-state index contributed by atoms with van der Waals surface area (Å²) in [6.45, 7) is 2.23. The molecule has 1 aliphatic rings. The SMILES string of the molecule is CCCC1NC(=O)CCN(c2cc(Cl)c(Cl)cc2Cl)C1=O. The van der Waals surface area contributed by atoms with Crippen molar-refractivity contribution in [2.24, 2.45) is 0 Å². The molecule has 1 saturated heterocycles. The van der Waals surface area contributed by atoms with Crippen LogP contribution in [0.4, 0.5) is 5.69 Å². The fourth-order valence-corrected chi connectivity index (χ4v) is 2.93. The monoisotopic (exact) mass is 348 g/mol. The molecule has 0 spiro atoms. The van der Waals surface area contributed by atoms with Gasteiger partial charge in [-0.25, -0.2) is 0 Å². The fourth-order valence-electron chi connectivity index (χ4n) is 2.28. The zero-order valence-corrected chi connectivity index (χ0v) is 13.7. The molecule has 1 aromatic rings. The van der Waals surface area contributed by atoms with E-state index in [0.29, 0.717) is 27.2 Å². The molecule has 0 bridgehead atoms. The minimum atomic E-state index is -0.532. The van der Waals surface area contributed by atoms with Crippen molar-refractivity contribution in [2.45, 2.75) is 32.2 Å². The van der Waals surface area contributed by atoms with Gasteiger partial charge in [0, 0.05) is 13.0 Å². The van der Waals surface area contributed by atoms with Crippen LogP contribution in [0, 0.1) is 0 Å². The quantitative estimate of drug-likeness (QED) is 0.847. The molecule has 1 aromatic carbocycles. The zero-order valence-electron chi connectivity index (χ0n) is 11.5. The lowest BCUT2D eigenvalue weighted by Gasteiger charge is -2.25. The Morgan fingerprint density at radius 3 is 2.52 bits per heavy atom. The molecule has 0 radical (unpaired) electrons. The molecule has 7 heteroatoms. The number of hydrogen-bond donors (Lipinski definition) is 1. The van der Waals surface area contributed by atoms with E-state index in [-0.39, 0.29) is 24.8 Å². The van der Waals surface area contributed by atoms with Gasteiger partial charge in [-0.05, 0) is 18.6 Å². The van der Waals surface area contributed by atoms with Crippen LogP contribution < -0.4 is 10.2 Å². The molecular formula is C14H15Cl3N2O2. The standard InChI is InChI=1S/C14H15Cl3N2O2/c1-2-3-11-14(21)19(5-4-13(20)18-11)12-7-9(16)8(15)6-10(12)17/h6-7,11H,2-5H2,1H3,(H,18,20). The van der Waals surface area contributed by atoms with E-state index in [2.05, 4.69) is 5.32 Å². The van der Waals surface area contributed by atoms with E-state index in [9.17, 15) is 9.59 Å². The van der Waals surface area contributed by atoms with Gasteiger partial charge in [-0.15, -0.1) is 0 Å². The van der Waals surface area contributed by atoms with Crippen LogP contribution >= 0.6 is 34.8 Å². The predicted molar refractivity (Wildman–Crippen MR) is 85.3 cm³/mol. The van der Waals surface area contributed by atoms with Crippen molar-refractivity contribution < 1.29 is 9.59 Å². The van der Waals surface area contributed by atoms with Gasteiger partial charge in [-0.3, -0.25) is 9.59 Å². The van der Waals surface area contributed by atoms with Gasteiger partial charge in [-0.2, -0.15) is 0 Å². The van der Waals surface area contributed by atoms with E-state index in [1.807, 2.05) is 6.92 Å². The fraction of sp³-hybridized carbons (Fsp3) is 0.429. The molecule has 1 aliphatic heterocycles. The molecule has 4 nitrogen and oxygen atoms in total. The third-order valence-corrected chi connectivity index (χ3v) is 4.34. The highest BCUT2D eigenvalue weighted by atomic mass is 35.5. The van der Waals surface area contributed by atoms with Crippen LogP contribution in [-0.4, -0.2) is 24.4 Å². The van der Waals surface area contributed by atoms with Crippen LogP contribution in [0.2, 0.25) is 15.1 Å². The van der Waals surface area contributed by atoms with Gasteiger partial charge in [0.25, 0.3) is 0 Å². The molecule has 114 valence electrons. The highest BCUT2D eigenvalue weighted by Gasteiger charge is 2.31. The minimum absolute atomic E-state index is 0.138. The summed E-state index contributed by atoms with van der Waals surface area (Å²) < 4.78 is 0. The van der Waals surface area contributed by atoms with Gasteiger partial charge in [0.1, 0.15) is 6.04 Å². The maximum absolute atomic E-state index is 12.6. The lowest BCUT2D eigenvalue weighted by atomic mass is 10.1. The highest BCUT2D eigenvalue weighted by Crippen LogP contribution is 2.35. The van der Waals surface area contributed by atoms with Crippen molar-refractivity contribution in [1.29, 1.82) is 0 Å². The number of halogens is 3. The van der Waals surface area contributed by atoms with Gasteiger partial charge in [0.15, 0.2) is 0 Å². The van der Waals surface area contributed by atoms with Crippen LogP contribution in [-0.2, 0) is 9.59 Å². The molecule has 1 heterocycles. The first-order chi connectivity index (χ1) is 9.93. The summed E-state index contributed by atoms with van der Waals surface area (Å²) >= 11 is 18.1. The Balaban J connectivity index is 2.39. The molecule has 2 amide bonds. The summed E-state index contributed by atoms with van der Waals surface area (Å²) in [7, 11) is 0. The van der Waals surface area contributed by atoms with Gasteiger partial charge < -0.3 is 10.2 Å². The largest absolute Gasteiger partial charge is 0.344 e. The average molecular weight is 350 g/mol. The van der Waals surface area contributed by atoms with Crippen molar-refractivity contribution in [3.05, 3.63) is 27.2 Å². The summed E-state index contributed by atoms with van der Waals surface area (Å²) in [5.74, 6) is -0.316. The van der Waals surface area contributed by atoms with Crippen LogP contribution in [0.25, 0.3) is 0 Å². The van der Waals surface area contributed by atoms with Crippen molar-refractivity contribution in [2.75, 3.05) is 11.4 Å². The first-order valence-electron chi connectivity index (χ1n) is 6.69. The number of carbonyl (C=O) groups excluding carboxylic acids is 2. The van der Waals surface area contributed by atoms with E-state index in [1.54, 1.807) is 6.07 Å². The lowest BCUT2D eigenvalue weighted by Crippen LogP contribution is -2.44. The van der Waals surface area contributed by atoms with Crippen molar-refractivity contribution >= 4 is 52.3 Å².